The summed E-state index contributed by atoms with van der Waals surface area (Å²) >= 11 is 0. The summed E-state index contributed by atoms with van der Waals surface area (Å²) in [6.45, 7) is 7.43. The second-order valence-corrected chi connectivity index (χ2v) is 9.84. The molecule has 1 atom stereocenters. The molecule has 0 aliphatic carbocycles. The molecule has 0 radical (unpaired) electrons. The number of guanidine groups is 1. The fourth-order valence-electron chi connectivity index (χ4n) is 3.18. The van der Waals surface area contributed by atoms with Crippen LogP contribution in [0.4, 0.5) is 5.82 Å². The van der Waals surface area contributed by atoms with Crippen LogP contribution < -0.4 is 15.5 Å². The van der Waals surface area contributed by atoms with E-state index in [4.69, 9.17) is 0 Å². The van der Waals surface area contributed by atoms with Gasteiger partial charge in [-0.05, 0) is 44.7 Å². The Kier molecular flexibility index (Phi) is 11.9. The van der Waals surface area contributed by atoms with E-state index in [0.717, 1.165) is 31.0 Å². The predicted molar refractivity (Wildman–Crippen MR) is 132 cm³/mol. The van der Waals surface area contributed by atoms with Crippen molar-refractivity contribution in [1.82, 2.24) is 15.6 Å². The zero-order chi connectivity index (χ0) is 20.4. The molecule has 1 aliphatic rings. The number of halogens is 1. The first-order chi connectivity index (χ1) is 13.4. The van der Waals surface area contributed by atoms with Gasteiger partial charge in [0, 0.05) is 38.1 Å². The first-order valence-electron chi connectivity index (χ1n) is 10.3. The quantitative estimate of drug-likeness (QED) is 0.301. The molecule has 9 heteroatoms. The third kappa shape index (κ3) is 10.5. The molecule has 2 rings (SSSR count). The minimum Gasteiger partial charge on any atom is -0.357 e. The van der Waals surface area contributed by atoms with Gasteiger partial charge in [0.05, 0.1) is 12.3 Å². The van der Waals surface area contributed by atoms with E-state index >= 15 is 0 Å². The molecule has 0 amide bonds. The molecule has 1 aromatic heterocycles. The summed E-state index contributed by atoms with van der Waals surface area (Å²) in [6.07, 6.45) is 8.82. The molecule has 0 bridgehead atoms. The molecule has 0 aromatic carbocycles. The second-order valence-electron chi connectivity index (χ2n) is 7.59. The van der Waals surface area contributed by atoms with Crippen molar-refractivity contribution in [3.8, 4) is 0 Å². The number of pyridine rings is 1. The number of aliphatic imine (C=N–C) groups is 1. The SMILES string of the molecule is CCNC(=NCc1ccc(N2CCCCCC2)nc1)NC(C)CCS(C)(=O)=O.I. The van der Waals surface area contributed by atoms with Crippen LogP contribution >= 0.6 is 24.0 Å². The number of rotatable bonds is 8. The molecular formula is C20H36IN5O2S. The van der Waals surface area contributed by atoms with E-state index < -0.39 is 9.84 Å². The van der Waals surface area contributed by atoms with Gasteiger partial charge in [0.25, 0.3) is 0 Å². The summed E-state index contributed by atoms with van der Waals surface area (Å²) in [5, 5.41) is 6.49. The molecule has 1 saturated heterocycles. The van der Waals surface area contributed by atoms with Crippen molar-refractivity contribution < 1.29 is 8.42 Å². The minimum atomic E-state index is -2.95. The fraction of sp³-hybridized carbons (Fsp3) is 0.700. The van der Waals surface area contributed by atoms with Gasteiger partial charge >= 0.3 is 0 Å². The van der Waals surface area contributed by atoms with Gasteiger partial charge in [0.2, 0.25) is 0 Å². The number of nitrogens with one attached hydrogen (secondary N) is 2. The maximum absolute atomic E-state index is 11.3. The van der Waals surface area contributed by atoms with E-state index in [0.29, 0.717) is 18.9 Å². The Balaban J connectivity index is 0.00000420. The standard InChI is InChI=1S/C20H35N5O2S.HI/c1-4-21-20(24-17(2)11-14-28(3,26)27)23-16-18-9-10-19(22-15-18)25-12-7-5-6-8-13-25;/h9-10,15,17H,4-8,11-14,16H2,1-3H3,(H2,21,23,24);1H. The molecule has 1 aliphatic heterocycles. The third-order valence-corrected chi connectivity index (χ3v) is 5.79. The molecule has 1 aromatic rings. The van der Waals surface area contributed by atoms with Gasteiger partial charge in [-0.2, -0.15) is 0 Å². The van der Waals surface area contributed by atoms with Gasteiger partial charge in [0.15, 0.2) is 5.96 Å². The van der Waals surface area contributed by atoms with Crippen molar-refractivity contribution in [2.24, 2.45) is 4.99 Å². The van der Waals surface area contributed by atoms with E-state index in [2.05, 4.69) is 37.6 Å². The van der Waals surface area contributed by atoms with Gasteiger partial charge in [-0.15, -0.1) is 24.0 Å². The number of sulfone groups is 1. The average molecular weight is 538 g/mol. The Labute approximate surface area is 193 Å². The topological polar surface area (TPSA) is 86.7 Å². The summed E-state index contributed by atoms with van der Waals surface area (Å²) in [4.78, 5) is 11.6. The molecule has 29 heavy (non-hydrogen) atoms. The van der Waals surface area contributed by atoms with Crippen LogP contribution in [0.5, 0.6) is 0 Å². The van der Waals surface area contributed by atoms with Crippen LogP contribution in [0, 0.1) is 0 Å². The first kappa shape index (κ1) is 25.9. The van der Waals surface area contributed by atoms with E-state index in [1.807, 2.05) is 20.0 Å². The lowest BCUT2D eigenvalue weighted by atomic mass is 10.2. The van der Waals surface area contributed by atoms with Gasteiger partial charge in [0.1, 0.15) is 15.7 Å². The minimum absolute atomic E-state index is 0. The molecule has 0 spiro atoms. The largest absolute Gasteiger partial charge is 0.357 e. The van der Waals surface area contributed by atoms with Crippen molar-refractivity contribution in [2.45, 2.75) is 58.5 Å². The van der Waals surface area contributed by atoms with Gasteiger partial charge in [-0.25, -0.2) is 18.4 Å². The summed E-state index contributed by atoms with van der Waals surface area (Å²) in [7, 11) is -2.95. The molecular weight excluding hydrogens is 501 g/mol. The van der Waals surface area contributed by atoms with Crippen molar-refractivity contribution in [3.05, 3.63) is 23.9 Å². The van der Waals surface area contributed by atoms with Gasteiger partial charge in [-0.1, -0.05) is 18.9 Å². The lowest BCUT2D eigenvalue weighted by molar-refractivity contribution is 0.581. The maximum Gasteiger partial charge on any atom is 0.191 e. The van der Waals surface area contributed by atoms with Gasteiger partial charge < -0.3 is 15.5 Å². The lowest BCUT2D eigenvalue weighted by Gasteiger charge is -2.21. The number of nitrogens with zero attached hydrogens (tertiary/aromatic N) is 3. The molecule has 0 saturated carbocycles. The Morgan fingerprint density at radius 3 is 2.48 bits per heavy atom. The smallest absolute Gasteiger partial charge is 0.191 e. The molecule has 7 nitrogen and oxygen atoms in total. The summed E-state index contributed by atoms with van der Waals surface area (Å²) in [6, 6.07) is 4.20. The van der Waals surface area contributed by atoms with Crippen molar-refractivity contribution >= 4 is 45.6 Å². The normalized spacial score (nSPS) is 16.5. The number of hydrogen-bond acceptors (Lipinski definition) is 5. The van der Waals surface area contributed by atoms with Crippen LogP contribution in [-0.2, 0) is 16.4 Å². The Bertz CT molecular complexity index is 717. The van der Waals surface area contributed by atoms with Crippen LogP contribution in [-0.4, -0.2) is 57.0 Å². The zero-order valence-electron chi connectivity index (χ0n) is 17.9. The fourth-order valence-corrected chi connectivity index (χ4v) is 3.97. The number of aromatic nitrogens is 1. The Hall–Kier alpha value is -1.10. The molecule has 2 heterocycles. The van der Waals surface area contributed by atoms with E-state index in [9.17, 15) is 8.42 Å². The van der Waals surface area contributed by atoms with E-state index in [-0.39, 0.29) is 35.8 Å². The highest BCUT2D eigenvalue weighted by atomic mass is 127. The van der Waals surface area contributed by atoms with Crippen LogP contribution in [0.3, 0.4) is 0 Å². The van der Waals surface area contributed by atoms with Crippen molar-refractivity contribution in [3.63, 3.8) is 0 Å². The van der Waals surface area contributed by atoms with Crippen LogP contribution in [0.1, 0.15) is 51.5 Å². The van der Waals surface area contributed by atoms with Crippen LogP contribution in [0.2, 0.25) is 0 Å². The molecule has 166 valence electrons. The monoisotopic (exact) mass is 537 g/mol. The summed E-state index contributed by atoms with van der Waals surface area (Å²) in [5.41, 5.74) is 1.06. The lowest BCUT2D eigenvalue weighted by Crippen LogP contribution is -2.42. The zero-order valence-corrected chi connectivity index (χ0v) is 21.0. The molecule has 1 fully saturated rings. The maximum atomic E-state index is 11.3. The highest BCUT2D eigenvalue weighted by molar-refractivity contribution is 14.0. The van der Waals surface area contributed by atoms with E-state index in [1.165, 1.54) is 31.9 Å². The second kappa shape index (κ2) is 13.3. The van der Waals surface area contributed by atoms with Crippen LogP contribution in [0.25, 0.3) is 0 Å². The predicted octanol–water partition coefficient (Wildman–Crippen LogP) is 2.96. The van der Waals surface area contributed by atoms with E-state index in [1.54, 1.807) is 0 Å². The molecule has 2 N–H and O–H groups in total. The van der Waals surface area contributed by atoms with Crippen molar-refractivity contribution in [2.75, 3.05) is 36.5 Å². The summed E-state index contributed by atoms with van der Waals surface area (Å²) in [5.74, 6) is 1.91. The highest BCUT2D eigenvalue weighted by Crippen LogP contribution is 2.17. The van der Waals surface area contributed by atoms with Crippen LogP contribution in [0.15, 0.2) is 23.3 Å². The van der Waals surface area contributed by atoms with Crippen molar-refractivity contribution in [1.29, 1.82) is 0 Å². The first-order valence-corrected chi connectivity index (χ1v) is 12.4. The number of hydrogen-bond donors (Lipinski definition) is 2. The third-order valence-electron chi connectivity index (χ3n) is 4.81. The summed E-state index contributed by atoms with van der Waals surface area (Å²) < 4.78 is 22.7. The Morgan fingerprint density at radius 2 is 1.93 bits per heavy atom. The molecule has 1 unspecified atom stereocenters. The average Bonchev–Trinajstić information content (AvgIpc) is 2.94. The number of anilines is 1. The highest BCUT2D eigenvalue weighted by Gasteiger charge is 2.11. The Morgan fingerprint density at radius 1 is 1.24 bits per heavy atom. The van der Waals surface area contributed by atoms with Gasteiger partial charge in [-0.3, -0.25) is 0 Å².